The van der Waals surface area contributed by atoms with Gasteiger partial charge in [-0.15, -0.1) is 0 Å². The second kappa shape index (κ2) is 4.70. The molecule has 1 aromatic rings. The number of nitrogens with one attached hydrogen (secondary N) is 1. The highest BCUT2D eigenvalue weighted by Gasteiger charge is 2.27. The lowest BCUT2D eigenvalue weighted by molar-refractivity contribution is 0.222. The molecule has 0 radical (unpaired) electrons. The second-order valence-corrected chi connectivity index (χ2v) is 4.51. The van der Waals surface area contributed by atoms with Gasteiger partial charge in [-0.3, -0.25) is 0 Å². The van der Waals surface area contributed by atoms with E-state index in [2.05, 4.69) is 10.3 Å². The van der Waals surface area contributed by atoms with Crippen molar-refractivity contribution < 1.29 is 5.11 Å². The molecule has 4 N–H and O–H groups in total. The Kier molecular flexibility index (Phi) is 3.29. The van der Waals surface area contributed by atoms with Crippen LogP contribution < -0.4 is 11.1 Å². The molecule has 0 aromatic carbocycles. The molecule has 4 heteroatoms. The molecule has 2 rings (SSSR count). The van der Waals surface area contributed by atoms with Gasteiger partial charge in [0.1, 0.15) is 5.82 Å². The second-order valence-electron chi connectivity index (χ2n) is 4.51. The molecule has 4 nitrogen and oxygen atoms in total. The third-order valence-electron chi connectivity index (χ3n) is 3.28. The first kappa shape index (κ1) is 11.2. The summed E-state index contributed by atoms with van der Waals surface area (Å²) in [5.41, 5.74) is 7.50. The molecule has 1 fully saturated rings. The largest absolute Gasteiger partial charge is 0.396 e. The number of rotatable bonds is 3. The number of hydrogen-bond donors (Lipinski definition) is 3. The van der Waals surface area contributed by atoms with E-state index in [-0.39, 0.29) is 6.61 Å². The number of nitrogen functional groups attached to an aromatic ring is 1. The third-order valence-corrected chi connectivity index (χ3v) is 3.28. The van der Waals surface area contributed by atoms with E-state index in [0.29, 0.717) is 17.6 Å². The SMILES string of the molecule is Cc1ccc(N)c(NC2CCCC2CO)n1. The molecule has 2 atom stereocenters. The number of aliphatic hydroxyl groups is 1. The number of aryl methyl sites for hydroxylation is 1. The van der Waals surface area contributed by atoms with Gasteiger partial charge >= 0.3 is 0 Å². The van der Waals surface area contributed by atoms with E-state index < -0.39 is 0 Å². The van der Waals surface area contributed by atoms with Crippen LogP contribution in [0, 0.1) is 12.8 Å². The van der Waals surface area contributed by atoms with Crippen LogP contribution in [0.3, 0.4) is 0 Å². The van der Waals surface area contributed by atoms with Crippen LogP contribution in [0.1, 0.15) is 25.0 Å². The molecule has 0 saturated heterocycles. The van der Waals surface area contributed by atoms with E-state index in [0.717, 1.165) is 30.8 Å². The molecule has 16 heavy (non-hydrogen) atoms. The molecule has 1 aromatic heterocycles. The number of pyridine rings is 1. The lowest BCUT2D eigenvalue weighted by Crippen LogP contribution is -2.27. The molecule has 1 aliphatic rings. The minimum Gasteiger partial charge on any atom is -0.396 e. The van der Waals surface area contributed by atoms with Crippen molar-refractivity contribution in [3.63, 3.8) is 0 Å². The summed E-state index contributed by atoms with van der Waals surface area (Å²) in [6.45, 7) is 2.19. The molecule has 0 bridgehead atoms. The van der Waals surface area contributed by atoms with E-state index in [1.54, 1.807) is 0 Å². The van der Waals surface area contributed by atoms with Gasteiger partial charge in [0.2, 0.25) is 0 Å². The predicted octanol–water partition coefficient (Wildman–Crippen LogP) is 1.55. The summed E-state index contributed by atoms with van der Waals surface area (Å²) in [5.74, 6) is 1.09. The van der Waals surface area contributed by atoms with Crippen molar-refractivity contribution in [2.75, 3.05) is 17.7 Å². The summed E-state index contributed by atoms with van der Waals surface area (Å²) in [4.78, 5) is 4.39. The van der Waals surface area contributed by atoms with E-state index in [9.17, 15) is 5.11 Å². The minimum atomic E-state index is 0.239. The number of nitrogens with zero attached hydrogens (tertiary/aromatic N) is 1. The highest BCUT2D eigenvalue weighted by molar-refractivity contribution is 5.61. The third kappa shape index (κ3) is 2.27. The standard InChI is InChI=1S/C12H19N3O/c1-8-5-6-10(13)12(14-8)15-11-4-2-3-9(11)7-16/h5-6,9,11,16H,2-4,7,13H2,1H3,(H,14,15). The summed E-state index contributed by atoms with van der Waals surface area (Å²) in [6.07, 6.45) is 3.33. The maximum absolute atomic E-state index is 9.25. The lowest BCUT2D eigenvalue weighted by Gasteiger charge is -2.20. The Morgan fingerprint density at radius 3 is 3.06 bits per heavy atom. The van der Waals surface area contributed by atoms with E-state index in [1.807, 2.05) is 19.1 Å². The molecule has 0 spiro atoms. The summed E-state index contributed by atoms with van der Waals surface area (Å²) in [5, 5.41) is 12.6. The number of anilines is 2. The van der Waals surface area contributed by atoms with Crippen LogP contribution in [0.4, 0.5) is 11.5 Å². The van der Waals surface area contributed by atoms with Gasteiger partial charge < -0.3 is 16.2 Å². The summed E-state index contributed by atoms with van der Waals surface area (Å²) in [6, 6.07) is 4.08. The van der Waals surface area contributed by atoms with Gasteiger partial charge in [-0.25, -0.2) is 4.98 Å². The number of aromatic nitrogens is 1. The Balaban J connectivity index is 2.11. The summed E-state index contributed by atoms with van der Waals surface area (Å²) < 4.78 is 0. The van der Waals surface area contributed by atoms with Crippen LogP contribution in [0.15, 0.2) is 12.1 Å². The quantitative estimate of drug-likeness (QED) is 0.724. The molecule has 0 aliphatic heterocycles. The fourth-order valence-corrected chi connectivity index (χ4v) is 2.30. The Bertz CT molecular complexity index is 367. The van der Waals surface area contributed by atoms with Gasteiger partial charge in [0.05, 0.1) is 5.69 Å². The fraction of sp³-hybridized carbons (Fsp3) is 0.583. The van der Waals surface area contributed by atoms with Crippen LogP contribution in [0.5, 0.6) is 0 Å². The first-order valence-corrected chi connectivity index (χ1v) is 5.81. The zero-order valence-corrected chi connectivity index (χ0v) is 9.61. The zero-order valence-electron chi connectivity index (χ0n) is 9.61. The van der Waals surface area contributed by atoms with Crippen molar-refractivity contribution in [3.05, 3.63) is 17.8 Å². The van der Waals surface area contributed by atoms with E-state index in [4.69, 9.17) is 5.73 Å². The normalized spacial score (nSPS) is 24.6. The topological polar surface area (TPSA) is 71.2 Å². The van der Waals surface area contributed by atoms with Gasteiger partial charge in [-0.1, -0.05) is 6.42 Å². The van der Waals surface area contributed by atoms with Crippen LogP contribution in [-0.4, -0.2) is 22.7 Å². The van der Waals surface area contributed by atoms with Crippen molar-refractivity contribution in [3.8, 4) is 0 Å². The van der Waals surface area contributed by atoms with Crippen molar-refractivity contribution in [1.29, 1.82) is 0 Å². The smallest absolute Gasteiger partial charge is 0.149 e. The van der Waals surface area contributed by atoms with Crippen LogP contribution in [-0.2, 0) is 0 Å². The van der Waals surface area contributed by atoms with Crippen LogP contribution in [0.25, 0.3) is 0 Å². The van der Waals surface area contributed by atoms with Crippen molar-refractivity contribution in [2.24, 2.45) is 5.92 Å². The van der Waals surface area contributed by atoms with Crippen LogP contribution in [0.2, 0.25) is 0 Å². The zero-order chi connectivity index (χ0) is 11.5. The predicted molar refractivity (Wildman–Crippen MR) is 65.2 cm³/mol. The summed E-state index contributed by atoms with van der Waals surface area (Å²) >= 11 is 0. The van der Waals surface area contributed by atoms with Crippen LogP contribution >= 0.6 is 0 Å². The highest BCUT2D eigenvalue weighted by atomic mass is 16.3. The van der Waals surface area contributed by atoms with Gasteiger partial charge in [0.15, 0.2) is 0 Å². The fourth-order valence-electron chi connectivity index (χ4n) is 2.30. The Hall–Kier alpha value is -1.29. The minimum absolute atomic E-state index is 0.239. The first-order valence-electron chi connectivity index (χ1n) is 5.81. The Morgan fingerprint density at radius 1 is 1.50 bits per heavy atom. The molecule has 2 unspecified atom stereocenters. The molecule has 88 valence electrons. The van der Waals surface area contributed by atoms with Gasteiger partial charge in [0, 0.05) is 24.3 Å². The van der Waals surface area contributed by atoms with Gasteiger partial charge in [-0.2, -0.15) is 0 Å². The molecule has 1 heterocycles. The highest BCUT2D eigenvalue weighted by Crippen LogP contribution is 2.29. The average molecular weight is 221 g/mol. The number of aliphatic hydroxyl groups excluding tert-OH is 1. The Labute approximate surface area is 95.9 Å². The monoisotopic (exact) mass is 221 g/mol. The maximum atomic E-state index is 9.25. The Morgan fingerprint density at radius 2 is 2.31 bits per heavy atom. The van der Waals surface area contributed by atoms with Gasteiger partial charge in [0.25, 0.3) is 0 Å². The molecule has 1 saturated carbocycles. The van der Waals surface area contributed by atoms with E-state index >= 15 is 0 Å². The average Bonchev–Trinajstić information content (AvgIpc) is 2.71. The first-order chi connectivity index (χ1) is 7.70. The van der Waals surface area contributed by atoms with Crippen molar-refractivity contribution >= 4 is 11.5 Å². The summed E-state index contributed by atoms with van der Waals surface area (Å²) in [7, 11) is 0. The number of hydrogen-bond acceptors (Lipinski definition) is 4. The van der Waals surface area contributed by atoms with Crippen molar-refractivity contribution in [2.45, 2.75) is 32.2 Å². The number of nitrogens with two attached hydrogens (primary N) is 1. The molecule has 1 aliphatic carbocycles. The lowest BCUT2D eigenvalue weighted by atomic mass is 10.1. The van der Waals surface area contributed by atoms with E-state index in [1.165, 1.54) is 0 Å². The molecular weight excluding hydrogens is 202 g/mol. The van der Waals surface area contributed by atoms with Crippen molar-refractivity contribution in [1.82, 2.24) is 4.98 Å². The maximum Gasteiger partial charge on any atom is 0.149 e. The molecular formula is C12H19N3O. The molecule has 0 amide bonds. The van der Waals surface area contributed by atoms with Gasteiger partial charge in [-0.05, 0) is 31.9 Å².